The zero-order valence-electron chi connectivity index (χ0n) is 11.2. The van der Waals surface area contributed by atoms with Gasteiger partial charge >= 0.3 is 0 Å². The van der Waals surface area contributed by atoms with Gasteiger partial charge in [0.05, 0.1) is 25.4 Å². The molecule has 3 N–H and O–H groups in total. The molecule has 0 aliphatic heterocycles. The van der Waals surface area contributed by atoms with E-state index in [4.69, 9.17) is 4.74 Å². The highest BCUT2D eigenvalue weighted by Crippen LogP contribution is 2.10. The summed E-state index contributed by atoms with van der Waals surface area (Å²) in [5.41, 5.74) is -0.408. The monoisotopic (exact) mass is 273 g/mol. The van der Waals surface area contributed by atoms with Gasteiger partial charge in [0.25, 0.3) is 0 Å². The zero-order chi connectivity index (χ0) is 13.6. The second-order valence-corrected chi connectivity index (χ2v) is 6.06. The van der Waals surface area contributed by atoms with Gasteiger partial charge < -0.3 is 20.3 Å². The Balaban J connectivity index is 2.16. The number of aliphatic hydroxyl groups excluding tert-OH is 2. The number of ether oxygens (including phenoxy) is 1. The molecule has 104 valence electrons. The van der Waals surface area contributed by atoms with Crippen LogP contribution >= 0.6 is 11.3 Å². The molecule has 0 amide bonds. The van der Waals surface area contributed by atoms with Crippen molar-refractivity contribution in [3.8, 4) is 0 Å². The van der Waals surface area contributed by atoms with E-state index in [1.54, 1.807) is 18.3 Å². The van der Waals surface area contributed by atoms with Crippen molar-refractivity contribution in [3.63, 3.8) is 0 Å². The Kier molecular flexibility index (Phi) is 6.25. The predicted molar refractivity (Wildman–Crippen MR) is 73.7 cm³/mol. The molecule has 1 aromatic rings. The molecule has 18 heavy (non-hydrogen) atoms. The molecule has 1 aromatic heterocycles. The maximum atomic E-state index is 9.76. The first kappa shape index (κ1) is 15.6. The molecule has 0 aromatic carbocycles. The van der Waals surface area contributed by atoms with Gasteiger partial charge in [-0.15, -0.1) is 11.3 Å². The average molecular weight is 273 g/mol. The molecule has 0 saturated carbocycles. The van der Waals surface area contributed by atoms with Gasteiger partial charge in [0.15, 0.2) is 0 Å². The van der Waals surface area contributed by atoms with Crippen molar-refractivity contribution in [2.24, 2.45) is 0 Å². The fraction of sp³-hybridized carbons (Fsp3) is 0.692. The highest BCUT2D eigenvalue weighted by atomic mass is 32.1. The van der Waals surface area contributed by atoms with Crippen molar-refractivity contribution >= 4 is 11.3 Å². The van der Waals surface area contributed by atoms with Crippen LogP contribution in [0.1, 0.15) is 25.6 Å². The van der Waals surface area contributed by atoms with Gasteiger partial charge in [-0.3, -0.25) is 0 Å². The topological polar surface area (TPSA) is 61.7 Å². The molecule has 5 heteroatoms. The van der Waals surface area contributed by atoms with Crippen molar-refractivity contribution in [1.82, 2.24) is 5.32 Å². The Labute approximate surface area is 113 Å². The van der Waals surface area contributed by atoms with Gasteiger partial charge in [0.1, 0.15) is 0 Å². The summed E-state index contributed by atoms with van der Waals surface area (Å²) in [4.78, 5) is 1.15. The number of rotatable bonds is 8. The second kappa shape index (κ2) is 7.21. The molecule has 1 heterocycles. The van der Waals surface area contributed by atoms with Crippen molar-refractivity contribution in [2.45, 2.75) is 45.1 Å². The first-order chi connectivity index (χ1) is 8.42. The minimum atomic E-state index is -0.567. The summed E-state index contributed by atoms with van der Waals surface area (Å²) in [6.07, 6.45) is -1.04. The van der Waals surface area contributed by atoms with E-state index < -0.39 is 17.7 Å². The molecule has 0 radical (unpaired) electrons. The molecule has 0 aliphatic rings. The van der Waals surface area contributed by atoms with E-state index in [2.05, 4.69) is 5.32 Å². The smallest absolute Gasteiger partial charge is 0.0898 e. The third-order valence-corrected chi connectivity index (χ3v) is 3.82. The molecule has 2 unspecified atom stereocenters. The van der Waals surface area contributed by atoms with Crippen molar-refractivity contribution in [2.75, 3.05) is 13.2 Å². The maximum Gasteiger partial charge on any atom is 0.0898 e. The lowest BCUT2D eigenvalue weighted by atomic mass is 9.99. The first-order valence-corrected chi connectivity index (χ1v) is 7.01. The number of nitrogens with one attached hydrogen (secondary N) is 1. The van der Waals surface area contributed by atoms with Gasteiger partial charge in [-0.2, -0.15) is 0 Å². The van der Waals surface area contributed by atoms with Crippen LogP contribution in [-0.2, 0) is 11.3 Å². The van der Waals surface area contributed by atoms with E-state index in [0.717, 1.165) is 4.88 Å². The minimum Gasteiger partial charge on any atom is -0.392 e. The standard InChI is InChI=1S/C13H23NO3S/c1-10(15)13(2,3)14-7-11(16)8-17-9-12-5-4-6-18-12/h4-6,10-11,14-16H,7-9H2,1-3H3. The van der Waals surface area contributed by atoms with Crippen LogP contribution in [0.25, 0.3) is 0 Å². The van der Waals surface area contributed by atoms with E-state index in [-0.39, 0.29) is 0 Å². The van der Waals surface area contributed by atoms with Gasteiger partial charge in [-0.05, 0) is 32.2 Å². The SMILES string of the molecule is CC(O)C(C)(C)NCC(O)COCc1cccs1. The lowest BCUT2D eigenvalue weighted by Gasteiger charge is -2.30. The van der Waals surface area contributed by atoms with Gasteiger partial charge in [0.2, 0.25) is 0 Å². The lowest BCUT2D eigenvalue weighted by molar-refractivity contribution is 0.0191. The number of hydrogen-bond donors (Lipinski definition) is 3. The quantitative estimate of drug-likeness (QED) is 0.669. The largest absolute Gasteiger partial charge is 0.392 e. The number of β-amino-alcohol motifs (C(OH)–C–C–N with tert-alkyl or cyclic N) is 1. The van der Waals surface area contributed by atoms with Crippen LogP contribution in [0.15, 0.2) is 17.5 Å². The Morgan fingerprint density at radius 2 is 2.17 bits per heavy atom. The summed E-state index contributed by atoms with van der Waals surface area (Å²) in [7, 11) is 0. The molecule has 0 bridgehead atoms. The van der Waals surface area contributed by atoms with Crippen molar-refractivity contribution in [3.05, 3.63) is 22.4 Å². The van der Waals surface area contributed by atoms with E-state index in [9.17, 15) is 10.2 Å². The molecule has 0 aliphatic carbocycles. The van der Waals surface area contributed by atoms with Crippen LogP contribution in [0.2, 0.25) is 0 Å². The summed E-state index contributed by atoms with van der Waals surface area (Å²) in [5.74, 6) is 0. The number of hydrogen-bond acceptors (Lipinski definition) is 5. The molecular weight excluding hydrogens is 250 g/mol. The van der Waals surface area contributed by atoms with Crippen LogP contribution < -0.4 is 5.32 Å². The minimum absolute atomic E-state index is 0.292. The van der Waals surface area contributed by atoms with Crippen LogP contribution in [-0.4, -0.2) is 41.1 Å². The Morgan fingerprint density at radius 3 is 2.72 bits per heavy atom. The van der Waals surface area contributed by atoms with Crippen molar-refractivity contribution < 1.29 is 14.9 Å². The Bertz CT molecular complexity index is 325. The fourth-order valence-electron chi connectivity index (χ4n) is 1.28. The van der Waals surface area contributed by atoms with E-state index in [1.807, 2.05) is 31.4 Å². The summed E-state index contributed by atoms with van der Waals surface area (Å²) < 4.78 is 5.42. The Hall–Kier alpha value is -0.460. The maximum absolute atomic E-state index is 9.76. The van der Waals surface area contributed by atoms with E-state index in [0.29, 0.717) is 19.8 Å². The molecule has 2 atom stereocenters. The van der Waals surface area contributed by atoms with Gasteiger partial charge in [0, 0.05) is 17.0 Å². The molecule has 0 spiro atoms. The van der Waals surface area contributed by atoms with E-state index >= 15 is 0 Å². The highest BCUT2D eigenvalue weighted by molar-refractivity contribution is 7.09. The third-order valence-electron chi connectivity index (χ3n) is 2.97. The Morgan fingerprint density at radius 1 is 1.44 bits per heavy atom. The second-order valence-electron chi connectivity index (χ2n) is 5.03. The van der Waals surface area contributed by atoms with Crippen molar-refractivity contribution in [1.29, 1.82) is 0 Å². The third kappa shape index (κ3) is 5.46. The normalized spacial score (nSPS) is 15.6. The summed E-state index contributed by atoms with van der Waals surface area (Å²) in [6, 6.07) is 3.98. The zero-order valence-corrected chi connectivity index (χ0v) is 12.0. The molecule has 1 rings (SSSR count). The van der Waals surface area contributed by atoms with Crippen LogP contribution in [0, 0.1) is 0 Å². The molecular formula is C13H23NO3S. The summed E-state index contributed by atoms with van der Waals surface area (Å²) in [5, 5.41) is 24.4. The summed E-state index contributed by atoms with van der Waals surface area (Å²) >= 11 is 1.64. The number of thiophene rings is 1. The van der Waals surface area contributed by atoms with Crippen LogP contribution in [0.4, 0.5) is 0 Å². The van der Waals surface area contributed by atoms with Gasteiger partial charge in [-0.1, -0.05) is 6.07 Å². The van der Waals surface area contributed by atoms with Gasteiger partial charge in [-0.25, -0.2) is 0 Å². The van der Waals surface area contributed by atoms with Crippen LogP contribution in [0.5, 0.6) is 0 Å². The average Bonchev–Trinajstić information content (AvgIpc) is 2.79. The lowest BCUT2D eigenvalue weighted by Crippen LogP contribution is -2.51. The summed E-state index contributed by atoms with van der Waals surface area (Å²) in [6.45, 7) is 6.76. The molecule has 4 nitrogen and oxygen atoms in total. The fourth-order valence-corrected chi connectivity index (χ4v) is 1.92. The predicted octanol–water partition coefficient (Wildman–Crippen LogP) is 1.37. The first-order valence-electron chi connectivity index (χ1n) is 6.13. The van der Waals surface area contributed by atoms with E-state index in [1.165, 1.54) is 0 Å². The number of aliphatic hydroxyl groups is 2. The molecule has 0 fully saturated rings. The van der Waals surface area contributed by atoms with Crippen LogP contribution in [0.3, 0.4) is 0 Å². The highest BCUT2D eigenvalue weighted by Gasteiger charge is 2.23. The molecule has 0 saturated heterocycles.